The maximum atomic E-state index is 9.75. The maximum absolute atomic E-state index is 9.75. The SMILES string of the molecule is CN(C)c1cccc2ccc(/C(=N\O)c3ccccc3)c(N(C)C)c12. The van der Waals surface area contributed by atoms with Gasteiger partial charge in [0.2, 0.25) is 0 Å². The molecule has 0 spiro atoms. The normalized spacial score (nSPS) is 11.6. The minimum Gasteiger partial charge on any atom is -0.410 e. The molecule has 0 aliphatic heterocycles. The monoisotopic (exact) mass is 333 g/mol. The summed E-state index contributed by atoms with van der Waals surface area (Å²) in [7, 11) is 8.12. The van der Waals surface area contributed by atoms with E-state index in [2.05, 4.69) is 39.2 Å². The van der Waals surface area contributed by atoms with Gasteiger partial charge < -0.3 is 15.0 Å². The molecule has 3 aromatic carbocycles. The van der Waals surface area contributed by atoms with Gasteiger partial charge in [-0.3, -0.25) is 0 Å². The number of anilines is 2. The number of nitrogens with zero attached hydrogens (tertiary/aromatic N) is 3. The number of hydrogen-bond donors (Lipinski definition) is 1. The van der Waals surface area contributed by atoms with Crippen LogP contribution in [0, 0.1) is 0 Å². The third kappa shape index (κ3) is 3.03. The van der Waals surface area contributed by atoms with Gasteiger partial charge in [0.1, 0.15) is 5.71 Å². The Kier molecular flexibility index (Phi) is 4.61. The lowest BCUT2D eigenvalue weighted by molar-refractivity contribution is 0.319. The summed E-state index contributed by atoms with van der Waals surface area (Å²) in [6.45, 7) is 0. The first-order chi connectivity index (χ1) is 12.0. The van der Waals surface area contributed by atoms with Crippen LogP contribution < -0.4 is 9.80 Å². The van der Waals surface area contributed by atoms with E-state index in [0.717, 1.165) is 33.3 Å². The van der Waals surface area contributed by atoms with Gasteiger partial charge in [-0.25, -0.2) is 0 Å². The van der Waals surface area contributed by atoms with E-state index in [0.29, 0.717) is 5.71 Å². The van der Waals surface area contributed by atoms with Gasteiger partial charge in [-0.05, 0) is 17.5 Å². The average Bonchev–Trinajstić information content (AvgIpc) is 2.62. The summed E-state index contributed by atoms with van der Waals surface area (Å²) in [4.78, 5) is 4.19. The Balaban J connectivity index is 2.36. The molecular formula is C21H23N3O. The van der Waals surface area contributed by atoms with Crippen molar-refractivity contribution >= 4 is 27.9 Å². The van der Waals surface area contributed by atoms with E-state index in [1.807, 2.05) is 64.6 Å². The van der Waals surface area contributed by atoms with Crippen molar-refractivity contribution in [3.63, 3.8) is 0 Å². The van der Waals surface area contributed by atoms with Crippen LogP contribution >= 0.6 is 0 Å². The highest BCUT2D eigenvalue weighted by Gasteiger charge is 2.19. The molecule has 0 aromatic heterocycles. The smallest absolute Gasteiger partial charge is 0.119 e. The summed E-state index contributed by atoms with van der Waals surface area (Å²) in [6, 6.07) is 20.1. The first-order valence-corrected chi connectivity index (χ1v) is 8.23. The second-order valence-electron chi connectivity index (χ2n) is 6.44. The molecule has 0 aliphatic carbocycles. The lowest BCUT2D eigenvalue weighted by atomic mass is 9.95. The Morgan fingerprint density at radius 3 is 2.12 bits per heavy atom. The third-order valence-electron chi connectivity index (χ3n) is 4.33. The highest BCUT2D eigenvalue weighted by Crippen LogP contribution is 2.37. The van der Waals surface area contributed by atoms with Crippen LogP contribution in [0.15, 0.2) is 65.8 Å². The van der Waals surface area contributed by atoms with E-state index in [9.17, 15) is 5.21 Å². The number of oxime groups is 1. The van der Waals surface area contributed by atoms with Crippen molar-refractivity contribution in [2.75, 3.05) is 38.0 Å². The van der Waals surface area contributed by atoms with Crippen molar-refractivity contribution in [3.05, 3.63) is 71.8 Å². The maximum Gasteiger partial charge on any atom is 0.119 e. The predicted molar refractivity (Wildman–Crippen MR) is 106 cm³/mol. The van der Waals surface area contributed by atoms with E-state index >= 15 is 0 Å². The molecule has 1 N–H and O–H groups in total. The van der Waals surface area contributed by atoms with Gasteiger partial charge in [-0.15, -0.1) is 0 Å². The fourth-order valence-corrected chi connectivity index (χ4v) is 3.23. The molecule has 0 fully saturated rings. The highest BCUT2D eigenvalue weighted by molar-refractivity contribution is 6.20. The van der Waals surface area contributed by atoms with Gasteiger partial charge in [0.05, 0.1) is 5.69 Å². The second-order valence-corrected chi connectivity index (χ2v) is 6.44. The van der Waals surface area contributed by atoms with Crippen LogP contribution in [-0.2, 0) is 0 Å². The average molecular weight is 333 g/mol. The predicted octanol–water partition coefficient (Wildman–Crippen LogP) is 4.20. The van der Waals surface area contributed by atoms with Gasteiger partial charge in [0.25, 0.3) is 0 Å². The molecule has 0 bridgehead atoms. The van der Waals surface area contributed by atoms with E-state index in [4.69, 9.17) is 0 Å². The fourth-order valence-electron chi connectivity index (χ4n) is 3.23. The molecule has 0 atom stereocenters. The van der Waals surface area contributed by atoms with Crippen molar-refractivity contribution in [1.29, 1.82) is 0 Å². The summed E-state index contributed by atoms with van der Waals surface area (Å²) >= 11 is 0. The fraction of sp³-hybridized carbons (Fsp3) is 0.190. The zero-order valence-corrected chi connectivity index (χ0v) is 15.1. The molecule has 4 nitrogen and oxygen atoms in total. The van der Waals surface area contributed by atoms with Crippen LogP contribution in [0.2, 0.25) is 0 Å². The number of fused-ring (bicyclic) bond motifs is 1. The van der Waals surface area contributed by atoms with Crippen molar-refractivity contribution in [2.45, 2.75) is 0 Å². The molecule has 0 unspecified atom stereocenters. The van der Waals surface area contributed by atoms with Crippen LogP contribution in [0.4, 0.5) is 11.4 Å². The molecule has 0 aliphatic rings. The minimum atomic E-state index is 0.569. The Bertz CT molecular complexity index is 915. The van der Waals surface area contributed by atoms with Crippen molar-refractivity contribution in [1.82, 2.24) is 0 Å². The van der Waals surface area contributed by atoms with E-state index in [1.54, 1.807) is 0 Å². The van der Waals surface area contributed by atoms with Gasteiger partial charge in [0.15, 0.2) is 0 Å². The first-order valence-electron chi connectivity index (χ1n) is 8.23. The Morgan fingerprint density at radius 2 is 1.52 bits per heavy atom. The molecule has 3 aromatic rings. The number of rotatable bonds is 4. The third-order valence-corrected chi connectivity index (χ3v) is 4.33. The standard InChI is InChI=1S/C21H23N3O/c1-23(2)18-12-8-11-15-13-14-17(21(19(15)18)24(3)4)20(22-25)16-9-6-5-7-10-16/h5-14,25H,1-4H3/b22-20-. The largest absolute Gasteiger partial charge is 0.410 e. The molecular weight excluding hydrogens is 310 g/mol. The van der Waals surface area contributed by atoms with E-state index in [-0.39, 0.29) is 0 Å². The van der Waals surface area contributed by atoms with Gasteiger partial charge in [-0.1, -0.05) is 53.7 Å². The molecule has 25 heavy (non-hydrogen) atoms. The van der Waals surface area contributed by atoms with Gasteiger partial charge in [-0.2, -0.15) is 0 Å². The van der Waals surface area contributed by atoms with Crippen LogP contribution in [-0.4, -0.2) is 39.1 Å². The molecule has 0 amide bonds. The quantitative estimate of drug-likeness (QED) is 0.442. The molecule has 0 heterocycles. The Hall–Kier alpha value is -3.01. The molecule has 128 valence electrons. The Morgan fingerprint density at radius 1 is 0.800 bits per heavy atom. The van der Waals surface area contributed by atoms with Crippen LogP contribution in [0.5, 0.6) is 0 Å². The van der Waals surface area contributed by atoms with Gasteiger partial charge >= 0.3 is 0 Å². The van der Waals surface area contributed by atoms with Crippen LogP contribution in [0.25, 0.3) is 10.8 Å². The van der Waals surface area contributed by atoms with Crippen LogP contribution in [0.1, 0.15) is 11.1 Å². The minimum absolute atomic E-state index is 0.569. The molecule has 0 radical (unpaired) electrons. The van der Waals surface area contributed by atoms with Gasteiger partial charge in [0, 0.05) is 50.4 Å². The van der Waals surface area contributed by atoms with E-state index in [1.165, 1.54) is 0 Å². The molecule has 3 rings (SSSR count). The summed E-state index contributed by atoms with van der Waals surface area (Å²) in [6.07, 6.45) is 0. The first kappa shape index (κ1) is 16.8. The number of hydrogen-bond acceptors (Lipinski definition) is 4. The topological polar surface area (TPSA) is 39.1 Å². The van der Waals surface area contributed by atoms with Crippen molar-refractivity contribution in [2.24, 2.45) is 5.16 Å². The summed E-state index contributed by atoms with van der Waals surface area (Å²) in [5.74, 6) is 0. The summed E-state index contributed by atoms with van der Waals surface area (Å²) in [5.41, 5.74) is 4.53. The zero-order valence-electron chi connectivity index (χ0n) is 15.1. The molecule has 0 saturated carbocycles. The lowest BCUT2D eigenvalue weighted by Crippen LogP contribution is -2.17. The molecule has 4 heteroatoms. The van der Waals surface area contributed by atoms with Crippen molar-refractivity contribution < 1.29 is 5.21 Å². The summed E-state index contributed by atoms with van der Waals surface area (Å²) in [5, 5.41) is 15.7. The number of benzene rings is 3. The summed E-state index contributed by atoms with van der Waals surface area (Å²) < 4.78 is 0. The van der Waals surface area contributed by atoms with Crippen LogP contribution in [0.3, 0.4) is 0 Å². The second kappa shape index (κ2) is 6.85. The molecule has 0 saturated heterocycles. The van der Waals surface area contributed by atoms with Crippen molar-refractivity contribution in [3.8, 4) is 0 Å². The lowest BCUT2D eigenvalue weighted by Gasteiger charge is -2.24. The zero-order chi connectivity index (χ0) is 18.0. The highest BCUT2D eigenvalue weighted by atomic mass is 16.4. The van der Waals surface area contributed by atoms with E-state index < -0.39 is 0 Å². The Labute approximate surface area is 148 Å².